The molecule has 0 spiro atoms. The van der Waals surface area contributed by atoms with Crippen molar-refractivity contribution in [3.05, 3.63) is 75.6 Å². The number of rotatable bonds is 8. The van der Waals surface area contributed by atoms with Crippen LogP contribution in [0.2, 0.25) is 0 Å². The molecule has 0 radical (unpaired) electrons. The summed E-state index contributed by atoms with van der Waals surface area (Å²) >= 11 is 1.42. The molecule has 2 heterocycles. The Labute approximate surface area is 190 Å². The van der Waals surface area contributed by atoms with E-state index in [1.165, 1.54) is 11.8 Å². The van der Waals surface area contributed by atoms with Crippen molar-refractivity contribution < 1.29 is 14.3 Å². The van der Waals surface area contributed by atoms with E-state index in [9.17, 15) is 9.59 Å². The number of H-pyrrole nitrogens is 1. The van der Waals surface area contributed by atoms with Crippen LogP contribution in [0.25, 0.3) is 0 Å². The predicted octanol–water partition coefficient (Wildman–Crippen LogP) is 4.33. The van der Waals surface area contributed by atoms with E-state index < -0.39 is 5.92 Å². The fraction of sp³-hybridized carbons (Fsp3) is 0.292. The van der Waals surface area contributed by atoms with Gasteiger partial charge in [0.25, 0.3) is 5.56 Å². The highest BCUT2D eigenvalue weighted by atomic mass is 32.2. The van der Waals surface area contributed by atoms with E-state index in [0.717, 1.165) is 17.5 Å². The number of anilines is 1. The average molecular weight is 452 g/mol. The number of hydrogen-bond acceptors (Lipinski definition) is 6. The van der Waals surface area contributed by atoms with E-state index in [0.29, 0.717) is 40.4 Å². The summed E-state index contributed by atoms with van der Waals surface area (Å²) in [6.07, 6.45) is 0.952. The number of amides is 1. The summed E-state index contributed by atoms with van der Waals surface area (Å²) in [5, 5.41) is 3.24. The summed E-state index contributed by atoms with van der Waals surface area (Å²) in [5.74, 6) is 1.42. The molecule has 2 aromatic carbocycles. The standard InChI is InChI=1S/C24H25N3O4S/c1-3-12-31-21-16(10-7-11-18(21)30-2)17-13-19(28)25-22-20(17)23(29)27-24(26-22)32-14-15-8-5-4-6-9-15/h4-11,17H,3,12-14H2,1-2H3,(H2,25,26,27,28,29)/t17-/m0/s1. The molecule has 1 amide bonds. The number of nitrogens with one attached hydrogen (secondary N) is 2. The van der Waals surface area contributed by atoms with E-state index in [-0.39, 0.29) is 17.9 Å². The van der Waals surface area contributed by atoms with Crippen molar-refractivity contribution in [2.24, 2.45) is 0 Å². The van der Waals surface area contributed by atoms with E-state index >= 15 is 0 Å². The molecule has 0 fully saturated rings. The Morgan fingerprint density at radius 3 is 2.69 bits per heavy atom. The molecule has 1 aromatic heterocycles. The minimum Gasteiger partial charge on any atom is -0.493 e. The predicted molar refractivity (Wildman–Crippen MR) is 125 cm³/mol. The van der Waals surface area contributed by atoms with Gasteiger partial charge in [-0.3, -0.25) is 9.59 Å². The average Bonchev–Trinajstić information content (AvgIpc) is 2.81. The maximum Gasteiger partial charge on any atom is 0.257 e. The third kappa shape index (κ3) is 4.65. The zero-order valence-corrected chi connectivity index (χ0v) is 18.8. The molecule has 2 N–H and O–H groups in total. The molecule has 166 valence electrons. The van der Waals surface area contributed by atoms with Crippen molar-refractivity contribution in [1.82, 2.24) is 9.97 Å². The summed E-state index contributed by atoms with van der Waals surface area (Å²) < 4.78 is 11.5. The molecule has 0 aliphatic carbocycles. The first-order valence-corrected chi connectivity index (χ1v) is 11.5. The van der Waals surface area contributed by atoms with Crippen LogP contribution < -0.4 is 20.3 Å². The van der Waals surface area contributed by atoms with Crippen LogP contribution >= 0.6 is 11.8 Å². The molecular weight excluding hydrogens is 426 g/mol. The first-order chi connectivity index (χ1) is 15.6. The first-order valence-electron chi connectivity index (χ1n) is 10.5. The summed E-state index contributed by atoms with van der Waals surface area (Å²) in [7, 11) is 1.57. The van der Waals surface area contributed by atoms with Gasteiger partial charge in [-0.2, -0.15) is 0 Å². The summed E-state index contributed by atoms with van der Waals surface area (Å²) in [6, 6.07) is 15.4. The molecule has 0 saturated carbocycles. The van der Waals surface area contributed by atoms with Gasteiger partial charge < -0.3 is 19.8 Å². The molecule has 1 aliphatic heterocycles. The number of aromatic amines is 1. The Hall–Kier alpha value is -3.26. The largest absolute Gasteiger partial charge is 0.493 e. The van der Waals surface area contributed by atoms with Crippen LogP contribution in [0.3, 0.4) is 0 Å². The van der Waals surface area contributed by atoms with E-state index in [1.807, 2.05) is 55.5 Å². The van der Waals surface area contributed by atoms with Crippen molar-refractivity contribution in [2.75, 3.05) is 19.0 Å². The summed E-state index contributed by atoms with van der Waals surface area (Å²) in [6.45, 7) is 2.52. The van der Waals surface area contributed by atoms with Gasteiger partial charge >= 0.3 is 0 Å². The number of carbonyl (C=O) groups excluding carboxylic acids is 1. The number of aromatic nitrogens is 2. The second-order valence-electron chi connectivity index (χ2n) is 7.44. The molecule has 3 aromatic rings. The molecule has 32 heavy (non-hydrogen) atoms. The van der Waals surface area contributed by atoms with Gasteiger partial charge in [0.15, 0.2) is 16.7 Å². The van der Waals surface area contributed by atoms with Gasteiger partial charge in [0, 0.05) is 23.7 Å². The van der Waals surface area contributed by atoms with Crippen LogP contribution in [0.1, 0.15) is 42.4 Å². The molecule has 7 nitrogen and oxygen atoms in total. The number of ether oxygens (including phenoxy) is 2. The Morgan fingerprint density at radius 2 is 1.94 bits per heavy atom. The summed E-state index contributed by atoms with van der Waals surface area (Å²) in [5.41, 5.74) is 2.03. The van der Waals surface area contributed by atoms with Crippen molar-refractivity contribution in [3.63, 3.8) is 0 Å². The number of fused-ring (bicyclic) bond motifs is 1. The zero-order valence-electron chi connectivity index (χ0n) is 18.0. The third-order valence-electron chi connectivity index (χ3n) is 5.20. The summed E-state index contributed by atoms with van der Waals surface area (Å²) in [4.78, 5) is 33.1. The van der Waals surface area contributed by atoms with Crippen LogP contribution in [0.5, 0.6) is 11.5 Å². The highest BCUT2D eigenvalue weighted by Crippen LogP contribution is 2.42. The van der Waals surface area contributed by atoms with Crippen molar-refractivity contribution in [3.8, 4) is 11.5 Å². The van der Waals surface area contributed by atoms with Crippen LogP contribution in [-0.2, 0) is 10.5 Å². The maximum absolute atomic E-state index is 13.1. The first kappa shape index (κ1) is 22.0. The Morgan fingerprint density at radius 1 is 1.12 bits per heavy atom. The van der Waals surface area contributed by atoms with Gasteiger partial charge in [0.05, 0.1) is 19.3 Å². The molecule has 0 saturated heterocycles. The Kier molecular flexibility index (Phi) is 6.80. The van der Waals surface area contributed by atoms with Gasteiger partial charge in [-0.05, 0) is 18.1 Å². The molecular formula is C24H25N3O4S. The highest BCUT2D eigenvalue weighted by molar-refractivity contribution is 7.98. The van der Waals surface area contributed by atoms with Crippen LogP contribution in [-0.4, -0.2) is 29.6 Å². The monoisotopic (exact) mass is 451 g/mol. The van der Waals surface area contributed by atoms with Crippen molar-refractivity contribution in [1.29, 1.82) is 0 Å². The van der Waals surface area contributed by atoms with Gasteiger partial charge in [-0.1, -0.05) is 61.2 Å². The SMILES string of the molecule is CCCOc1c(OC)cccc1[C@@H]1CC(=O)Nc2nc(SCc3ccccc3)[nH]c(=O)c21. The van der Waals surface area contributed by atoms with Gasteiger partial charge in [-0.25, -0.2) is 4.98 Å². The molecule has 0 bridgehead atoms. The molecule has 8 heteroatoms. The van der Waals surface area contributed by atoms with Gasteiger partial charge in [-0.15, -0.1) is 0 Å². The van der Waals surface area contributed by atoms with E-state index in [4.69, 9.17) is 9.47 Å². The number of para-hydroxylation sites is 1. The van der Waals surface area contributed by atoms with Crippen LogP contribution in [0.15, 0.2) is 58.5 Å². The van der Waals surface area contributed by atoms with E-state index in [2.05, 4.69) is 15.3 Å². The minimum atomic E-state index is -0.481. The number of thioether (sulfide) groups is 1. The number of nitrogens with zero attached hydrogens (tertiary/aromatic N) is 1. The smallest absolute Gasteiger partial charge is 0.257 e. The number of hydrogen-bond donors (Lipinski definition) is 2. The molecule has 1 aliphatic rings. The molecule has 4 rings (SSSR count). The Bertz CT molecular complexity index is 1160. The lowest BCUT2D eigenvalue weighted by Gasteiger charge is -2.26. The van der Waals surface area contributed by atoms with Gasteiger partial charge in [0.1, 0.15) is 5.82 Å². The Balaban J connectivity index is 1.71. The lowest BCUT2D eigenvalue weighted by atomic mass is 9.86. The van der Waals surface area contributed by atoms with Crippen LogP contribution in [0.4, 0.5) is 5.82 Å². The maximum atomic E-state index is 13.1. The fourth-order valence-corrected chi connectivity index (χ4v) is 4.55. The third-order valence-corrected chi connectivity index (χ3v) is 6.15. The van der Waals surface area contributed by atoms with Crippen molar-refractivity contribution >= 4 is 23.5 Å². The molecule has 0 unspecified atom stereocenters. The lowest BCUT2D eigenvalue weighted by molar-refractivity contribution is -0.116. The fourth-order valence-electron chi connectivity index (χ4n) is 3.74. The molecule has 1 atom stereocenters. The minimum absolute atomic E-state index is 0.129. The lowest BCUT2D eigenvalue weighted by Crippen LogP contribution is -2.31. The zero-order chi connectivity index (χ0) is 22.5. The highest BCUT2D eigenvalue weighted by Gasteiger charge is 2.33. The van der Waals surface area contributed by atoms with E-state index in [1.54, 1.807) is 7.11 Å². The topological polar surface area (TPSA) is 93.3 Å². The number of benzene rings is 2. The van der Waals surface area contributed by atoms with Gasteiger partial charge in [0.2, 0.25) is 5.91 Å². The van der Waals surface area contributed by atoms with Crippen molar-refractivity contribution in [2.45, 2.75) is 36.6 Å². The normalized spacial score (nSPS) is 15.1. The second kappa shape index (κ2) is 9.91. The quantitative estimate of drug-likeness (QED) is 0.391. The second-order valence-corrected chi connectivity index (χ2v) is 8.40. The number of carbonyl (C=O) groups is 1. The van der Waals surface area contributed by atoms with Crippen LogP contribution in [0, 0.1) is 0 Å². The number of methoxy groups -OCH3 is 1.